The summed E-state index contributed by atoms with van der Waals surface area (Å²) in [5.74, 6) is 2.82. The monoisotopic (exact) mass is 454 g/mol. The minimum Gasteiger partial charge on any atom is -0.487 e. The fraction of sp³-hybridized carbons (Fsp3) is 0.545. The lowest BCUT2D eigenvalue weighted by Crippen LogP contribution is -2.15. The van der Waals surface area contributed by atoms with E-state index in [4.69, 9.17) is 37.9 Å². The van der Waals surface area contributed by atoms with Crippen LogP contribution in [-0.4, -0.2) is 79.3 Å². The van der Waals surface area contributed by atoms with E-state index in [-0.39, 0.29) is 0 Å². The van der Waals surface area contributed by atoms with Gasteiger partial charge in [-0.25, -0.2) is 0 Å². The van der Waals surface area contributed by atoms with Gasteiger partial charge in [0.1, 0.15) is 26.4 Å². The van der Waals surface area contributed by atoms with E-state index in [1.807, 2.05) is 35.0 Å². The Kier molecular flexibility index (Phi) is 11.3. The standard InChI is InChI=1S/C22H30O8S/c1-2-4-20-19(3-1)27-13-9-23-5-7-25-11-15-29-21-17-31-18-22(21)30-16-12-26-8-6-24-10-14-28-20/h1-4,17-18H,5-16H2. The fourth-order valence-electron chi connectivity index (χ4n) is 2.66. The first kappa shape index (κ1) is 23.6. The highest BCUT2D eigenvalue weighted by molar-refractivity contribution is 7.08. The molecule has 3 rings (SSSR count). The van der Waals surface area contributed by atoms with Gasteiger partial charge < -0.3 is 37.9 Å². The van der Waals surface area contributed by atoms with Crippen LogP contribution < -0.4 is 18.9 Å². The van der Waals surface area contributed by atoms with Crippen LogP contribution in [0.15, 0.2) is 35.0 Å². The maximum atomic E-state index is 5.77. The van der Waals surface area contributed by atoms with Gasteiger partial charge in [0, 0.05) is 10.8 Å². The van der Waals surface area contributed by atoms with Crippen LogP contribution in [0, 0.1) is 0 Å². The number of rotatable bonds is 0. The van der Waals surface area contributed by atoms with Crippen molar-refractivity contribution in [2.75, 3.05) is 79.3 Å². The SMILES string of the molecule is c1ccc2c(c1)OCCOCCOCCOc1cscc1OCCOCCOCCO2. The maximum Gasteiger partial charge on any atom is 0.171 e. The van der Waals surface area contributed by atoms with Gasteiger partial charge in [-0.05, 0) is 12.1 Å². The number of fused-ring (bicyclic) bond motifs is 2. The molecule has 0 amide bonds. The Hall–Kier alpha value is -2.04. The zero-order chi connectivity index (χ0) is 21.4. The third-order valence-electron chi connectivity index (χ3n) is 4.13. The Bertz CT molecular complexity index is 666. The lowest BCUT2D eigenvalue weighted by Gasteiger charge is -2.13. The van der Waals surface area contributed by atoms with Gasteiger partial charge in [-0.15, -0.1) is 11.3 Å². The van der Waals surface area contributed by atoms with E-state index in [1.54, 1.807) is 0 Å². The van der Waals surface area contributed by atoms with Gasteiger partial charge >= 0.3 is 0 Å². The minimum atomic E-state index is 0.429. The second kappa shape index (κ2) is 14.9. The Balaban J connectivity index is 1.42. The first-order chi connectivity index (χ1) is 15.4. The second-order valence-corrected chi connectivity index (χ2v) is 7.13. The highest BCUT2D eigenvalue weighted by atomic mass is 32.1. The molecule has 0 spiro atoms. The van der Waals surface area contributed by atoms with Crippen molar-refractivity contribution < 1.29 is 37.9 Å². The topological polar surface area (TPSA) is 73.8 Å². The van der Waals surface area contributed by atoms with Crippen molar-refractivity contribution in [1.82, 2.24) is 0 Å². The van der Waals surface area contributed by atoms with Crippen molar-refractivity contribution in [3.05, 3.63) is 35.0 Å². The molecule has 0 N–H and O–H groups in total. The lowest BCUT2D eigenvalue weighted by atomic mass is 10.3. The van der Waals surface area contributed by atoms with Crippen LogP contribution in [0.3, 0.4) is 0 Å². The highest BCUT2D eigenvalue weighted by Crippen LogP contribution is 2.31. The van der Waals surface area contributed by atoms with E-state index in [1.165, 1.54) is 11.3 Å². The molecule has 0 bridgehead atoms. The quantitative estimate of drug-likeness (QED) is 0.602. The summed E-state index contributed by atoms with van der Waals surface area (Å²) in [5, 5.41) is 3.83. The van der Waals surface area contributed by atoms with Crippen LogP contribution in [0.1, 0.15) is 0 Å². The van der Waals surface area contributed by atoms with Crippen molar-refractivity contribution in [2.45, 2.75) is 0 Å². The van der Waals surface area contributed by atoms with Crippen molar-refractivity contribution in [1.29, 1.82) is 0 Å². The van der Waals surface area contributed by atoms with Gasteiger partial charge in [0.25, 0.3) is 0 Å². The first-order valence-corrected chi connectivity index (χ1v) is 11.3. The summed E-state index contributed by atoms with van der Waals surface area (Å²) in [6.45, 7) is 5.60. The van der Waals surface area contributed by atoms with Crippen LogP contribution in [0.25, 0.3) is 0 Å². The molecule has 8 nitrogen and oxygen atoms in total. The van der Waals surface area contributed by atoms with Crippen molar-refractivity contribution in [2.24, 2.45) is 0 Å². The van der Waals surface area contributed by atoms with Crippen molar-refractivity contribution in [3.8, 4) is 23.0 Å². The largest absolute Gasteiger partial charge is 0.487 e. The summed E-state index contributed by atoms with van der Waals surface area (Å²) in [5.41, 5.74) is 0. The molecule has 0 unspecified atom stereocenters. The molecule has 1 aromatic carbocycles. The summed E-state index contributed by atoms with van der Waals surface area (Å²) < 4.78 is 45.2. The van der Waals surface area contributed by atoms with Gasteiger partial charge in [-0.2, -0.15) is 0 Å². The molecule has 0 atom stereocenters. The third kappa shape index (κ3) is 9.32. The van der Waals surface area contributed by atoms with Gasteiger partial charge in [0.2, 0.25) is 0 Å². The molecule has 2 heterocycles. The number of benzene rings is 1. The smallest absolute Gasteiger partial charge is 0.171 e. The van der Waals surface area contributed by atoms with Gasteiger partial charge in [0.05, 0.1) is 52.9 Å². The predicted octanol–water partition coefficient (Wildman–Crippen LogP) is 3.04. The summed E-state index contributed by atoms with van der Waals surface area (Å²) in [4.78, 5) is 0. The molecule has 0 fully saturated rings. The fourth-order valence-corrected chi connectivity index (χ4v) is 3.34. The molecular formula is C22H30O8S. The summed E-state index contributed by atoms with van der Waals surface area (Å²) in [6.07, 6.45) is 0. The molecule has 2 aromatic rings. The van der Waals surface area contributed by atoms with E-state index in [9.17, 15) is 0 Å². The lowest BCUT2D eigenvalue weighted by molar-refractivity contribution is 0.0224. The zero-order valence-electron chi connectivity index (χ0n) is 17.6. The molecule has 0 saturated carbocycles. The molecule has 0 radical (unpaired) electrons. The van der Waals surface area contributed by atoms with Gasteiger partial charge in [-0.1, -0.05) is 12.1 Å². The van der Waals surface area contributed by atoms with E-state index in [0.29, 0.717) is 90.8 Å². The third-order valence-corrected chi connectivity index (χ3v) is 4.83. The summed E-state index contributed by atoms with van der Waals surface area (Å²) in [7, 11) is 0. The van der Waals surface area contributed by atoms with E-state index in [0.717, 1.165) is 11.5 Å². The molecular weight excluding hydrogens is 424 g/mol. The summed E-state index contributed by atoms with van der Waals surface area (Å²) >= 11 is 1.53. The Labute approximate surface area is 186 Å². The predicted molar refractivity (Wildman–Crippen MR) is 116 cm³/mol. The molecule has 31 heavy (non-hydrogen) atoms. The van der Waals surface area contributed by atoms with E-state index < -0.39 is 0 Å². The first-order valence-electron chi connectivity index (χ1n) is 10.4. The Morgan fingerprint density at radius 2 is 0.742 bits per heavy atom. The minimum absolute atomic E-state index is 0.429. The number of hydrogen-bond acceptors (Lipinski definition) is 9. The van der Waals surface area contributed by atoms with Crippen LogP contribution >= 0.6 is 11.3 Å². The average Bonchev–Trinajstić information content (AvgIpc) is 3.23. The summed E-state index contributed by atoms with van der Waals surface area (Å²) in [6, 6.07) is 7.56. The van der Waals surface area contributed by atoms with Crippen molar-refractivity contribution >= 4 is 11.3 Å². The molecule has 172 valence electrons. The van der Waals surface area contributed by atoms with Crippen LogP contribution in [-0.2, 0) is 18.9 Å². The Morgan fingerprint density at radius 1 is 0.419 bits per heavy atom. The van der Waals surface area contributed by atoms with Gasteiger partial charge in [0.15, 0.2) is 23.0 Å². The highest BCUT2D eigenvalue weighted by Gasteiger charge is 2.07. The Morgan fingerprint density at radius 3 is 1.13 bits per heavy atom. The van der Waals surface area contributed by atoms with Crippen molar-refractivity contribution in [3.63, 3.8) is 0 Å². The molecule has 9 heteroatoms. The van der Waals surface area contributed by atoms with Crippen LogP contribution in [0.2, 0.25) is 0 Å². The molecule has 1 aliphatic heterocycles. The van der Waals surface area contributed by atoms with Gasteiger partial charge in [-0.3, -0.25) is 0 Å². The second-order valence-electron chi connectivity index (χ2n) is 6.39. The van der Waals surface area contributed by atoms with E-state index in [2.05, 4.69) is 0 Å². The van der Waals surface area contributed by atoms with Crippen LogP contribution in [0.4, 0.5) is 0 Å². The van der Waals surface area contributed by atoms with Crippen LogP contribution in [0.5, 0.6) is 23.0 Å². The molecule has 1 aliphatic rings. The molecule has 0 saturated heterocycles. The normalized spacial score (nSPS) is 18.6. The molecule has 1 aromatic heterocycles. The number of thiophene rings is 1. The zero-order valence-corrected chi connectivity index (χ0v) is 18.4. The number of ether oxygens (including phenoxy) is 8. The molecule has 0 aliphatic carbocycles. The maximum absolute atomic E-state index is 5.77. The average molecular weight is 455 g/mol. The van der Waals surface area contributed by atoms with E-state index >= 15 is 0 Å². The number of hydrogen-bond donors (Lipinski definition) is 0. The number of para-hydroxylation sites is 2.